The normalized spacial score (nSPS) is 24.8. The van der Waals surface area contributed by atoms with Gasteiger partial charge in [-0.3, -0.25) is 14.9 Å². The van der Waals surface area contributed by atoms with Crippen LogP contribution < -0.4 is 5.73 Å². The number of Topliss-reactive ketones (excluding diaryl/α,β-unsaturated/α-hetero) is 1. The summed E-state index contributed by atoms with van der Waals surface area (Å²) in [5.74, 6) is -0.302. The van der Waals surface area contributed by atoms with Crippen molar-refractivity contribution in [1.29, 1.82) is 0 Å². The van der Waals surface area contributed by atoms with Gasteiger partial charge in [0.2, 0.25) is 6.04 Å². The Hall–Kier alpha value is -1.49. The first-order valence-corrected chi connectivity index (χ1v) is 4.83. The van der Waals surface area contributed by atoms with Crippen molar-refractivity contribution in [1.82, 2.24) is 0 Å². The number of carbonyl (C=O) groups is 1. The summed E-state index contributed by atoms with van der Waals surface area (Å²) in [5.41, 5.74) is 5.80. The number of hydrogen-bond acceptors (Lipinski definition) is 4. The van der Waals surface area contributed by atoms with Crippen LogP contribution in [0.4, 0.5) is 0 Å². The maximum Gasteiger partial charge on any atom is 0.237 e. The van der Waals surface area contributed by atoms with E-state index in [2.05, 4.69) is 0 Å². The van der Waals surface area contributed by atoms with Gasteiger partial charge in [0, 0.05) is 22.8 Å². The van der Waals surface area contributed by atoms with Gasteiger partial charge in [0.05, 0.1) is 0 Å². The molecule has 0 heterocycles. The lowest BCUT2D eigenvalue weighted by Crippen LogP contribution is -2.27. The molecule has 1 aliphatic carbocycles. The van der Waals surface area contributed by atoms with E-state index >= 15 is 0 Å². The van der Waals surface area contributed by atoms with Crippen molar-refractivity contribution in [2.45, 2.75) is 19.4 Å². The van der Waals surface area contributed by atoms with Crippen LogP contribution in [0.15, 0.2) is 23.8 Å². The lowest BCUT2D eigenvalue weighted by molar-refractivity contribution is -0.515. The van der Waals surface area contributed by atoms with Crippen LogP contribution in [0, 0.1) is 16.0 Å². The molecule has 2 N–H and O–H groups in total. The van der Waals surface area contributed by atoms with E-state index in [-0.39, 0.29) is 23.0 Å². The van der Waals surface area contributed by atoms with E-state index in [0.29, 0.717) is 12.1 Å². The first-order chi connectivity index (χ1) is 7.06. The van der Waals surface area contributed by atoms with Crippen molar-refractivity contribution in [3.8, 4) is 0 Å². The molecule has 0 amide bonds. The van der Waals surface area contributed by atoms with E-state index in [1.807, 2.05) is 0 Å². The Morgan fingerprint density at radius 3 is 2.80 bits per heavy atom. The van der Waals surface area contributed by atoms with Gasteiger partial charge in [0.1, 0.15) is 0 Å². The third-order valence-corrected chi connectivity index (χ3v) is 2.39. The summed E-state index contributed by atoms with van der Waals surface area (Å²) in [5, 5.41) is 10.6. The minimum atomic E-state index is -0.723. The summed E-state index contributed by atoms with van der Waals surface area (Å²) >= 11 is 0. The van der Waals surface area contributed by atoms with E-state index < -0.39 is 6.04 Å². The number of allylic oxidation sites excluding steroid dienone is 2. The smallest absolute Gasteiger partial charge is 0.237 e. The second-order valence-corrected chi connectivity index (χ2v) is 3.58. The second kappa shape index (κ2) is 4.84. The number of nitrogens with zero attached hydrogens (tertiary/aromatic N) is 1. The van der Waals surface area contributed by atoms with Crippen molar-refractivity contribution in [3.63, 3.8) is 0 Å². The first-order valence-electron chi connectivity index (χ1n) is 4.83. The summed E-state index contributed by atoms with van der Waals surface area (Å²) < 4.78 is 0. The predicted octanol–water partition coefficient (Wildman–Crippen LogP) is 0.682. The molecule has 0 bridgehead atoms. The second-order valence-electron chi connectivity index (χ2n) is 3.58. The Kier molecular flexibility index (Phi) is 3.74. The van der Waals surface area contributed by atoms with Crippen molar-refractivity contribution in [2.24, 2.45) is 11.7 Å². The van der Waals surface area contributed by atoms with Gasteiger partial charge in [-0.25, -0.2) is 0 Å². The molecule has 0 saturated carbocycles. The molecule has 0 aromatic carbocycles. The number of rotatable bonds is 4. The molecule has 5 heteroatoms. The standard InChI is InChI=1S/C10H14N2O3/c1-7-6-8(10(13)4-5-11)2-3-9(7)12(14)15/h2-3,6-7,9H,4-5,11H2,1H3. The average molecular weight is 210 g/mol. The van der Waals surface area contributed by atoms with Gasteiger partial charge < -0.3 is 5.73 Å². The highest BCUT2D eigenvalue weighted by Crippen LogP contribution is 2.20. The van der Waals surface area contributed by atoms with E-state index in [0.717, 1.165) is 0 Å². The van der Waals surface area contributed by atoms with E-state index in [9.17, 15) is 14.9 Å². The zero-order valence-corrected chi connectivity index (χ0v) is 8.55. The zero-order valence-electron chi connectivity index (χ0n) is 8.55. The monoisotopic (exact) mass is 210 g/mol. The fourth-order valence-corrected chi connectivity index (χ4v) is 1.54. The van der Waals surface area contributed by atoms with Crippen molar-refractivity contribution in [3.05, 3.63) is 33.9 Å². The van der Waals surface area contributed by atoms with Crippen molar-refractivity contribution in [2.75, 3.05) is 6.54 Å². The summed E-state index contributed by atoms with van der Waals surface area (Å²) in [6, 6.07) is -0.723. The SMILES string of the molecule is CC1C=C(C(=O)CCN)C=CC1[N+](=O)[O-]. The maximum absolute atomic E-state index is 11.5. The fourth-order valence-electron chi connectivity index (χ4n) is 1.54. The largest absolute Gasteiger partial charge is 0.330 e. The lowest BCUT2D eigenvalue weighted by atomic mass is 9.91. The highest BCUT2D eigenvalue weighted by molar-refractivity contribution is 5.98. The van der Waals surface area contributed by atoms with Crippen LogP contribution >= 0.6 is 0 Å². The number of ketones is 1. The Morgan fingerprint density at radius 1 is 1.67 bits per heavy atom. The Morgan fingerprint density at radius 2 is 2.33 bits per heavy atom. The van der Waals surface area contributed by atoms with Crippen LogP contribution in [0.25, 0.3) is 0 Å². The fraction of sp³-hybridized carbons (Fsp3) is 0.500. The van der Waals surface area contributed by atoms with Gasteiger partial charge in [0.25, 0.3) is 0 Å². The van der Waals surface area contributed by atoms with Gasteiger partial charge in [-0.2, -0.15) is 0 Å². The molecule has 0 aromatic rings. The summed E-state index contributed by atoms with van der Waals surface area (Å²) in [7, 11) is 0. The van der Waals surface area contributed by atoms with Gasteiger partial charge >= 0.3 is 0 Å². The van der Waals surface area contributed by atoms with Gasteiger partial charge in [-0.15, -0.1) is 0 Å². The maximum atomic E-state index is 11.5. The molecule has 0 radical (unpaired) electrons. The van der Waals surface area contributed by atoms with Crippen LogP contribution in [-0.4, -0.2) is 23.3 Å². The predicted molar refractivity (Wildman–Crippen MR) is 55.8 cm³/mol. The number of hydrogen-bond donors (Lipinski definition) is 1. The molecule has 82 valence electrons. The quantitative estimate of drug-likeness (QED) is 0.546. The van der Waals surface area contributed by atoms with E-state index in [4.69, 9.17) is 5.73 Å². The Bertz CT molecular complexity index is 334. The molecule has 2 atom stereocenters. The Balaban J connectivity index is 2.75. The number of nitro groups is 1. The van der Waals surface area contributed by atoms with Gasteiger partial charge in [-0.05, 0) is 18.7 Å². The van der Waals surface area contributed by atoms with Gasteiger partial charge in [-0.1, -0.05) is 13.0 Å². The molecule has 2 unspecified atom stereocenters. The Labute approximate surface area is 87.8 Å². The molecule has 0 spiro atoms. The zero-order chi connectivity index (χ0) is 11.4. The number of nitrogens with two attached hydrogens (primary N) is 1. The number of carbonyl (C=O) groups excluding carboxylic acids is 1. The minimum absolute atomic E-state index is 0.0533. The van der Waals surface area contributed by atoms with E-state index in [1.54, 1.807) is 13.0 Å². The molecular formula is C10H14N2O3. The highest BCUT2D eigenvalue weighted by atomic mass is 16.6. The van der Waals surface area contributed by atoms with Crippen LogP contribution in [0.3, 0.4) is 0 Å². The minimum Gasteiger partial charge on any atom is -0.330 e. The molecule has 0 aromatic heterocycles. The first kappa shape index (κ1) is 11.6. The van der Waals surface area contributed by atoms with Crippen molar-refractivity contribution < 1.29 is 9.72 Å². The molecule has 15 heavy (non-hydrogen) atoms. The molecule has 0 fully saturated rings. The van der Waals surface area contributed by atoms with Gasteiger partial charge in [0.15, 0.2) is 5.78 Å². The lowest BCUT2D eigenvalue weighted by Gasteiger charge is -2.15. The average Bonchev–Trinajstić information content (AvgIpc) is 2.17. The van der Waals surface area contributed by atoms with Crippen LogP contribution in [0.5, 0.6) is 0 Å². The van der Waals surface area contributed by atoms with Crippen LogP contribution in [-0.2, 0) is 4.79 Å². The summed E-state index contributed by atoms with van der Waals surface area (Å²) in [6.45, 7) is 2.03. The molecule has 1 rings (SSSR count). The van der Waals surface area contributed by atoms with E-state index in [1.165, 1.54) is 12.2 Å². The molecule has 5 nitrogen and oxygen atoms in total. The molecule has 0 aliphatic heterocycles. The molecule has 0 saturated heterocycles. The van der Waals surface area contributed by atoms with Crippen LogP contribution in [0.1, 0.15) is 13.3 Å². The van der Waals surface area contributed by atoms with Crippen LogP contribution in [0.2, 0.25) is 0 Å². The molecular weight excluding hydrogens is 196 g/mol. The topological polar surface area (TPSA) is 86.2 Å². The third kappa shape index (κ3) is 2.73. The third-order valence-electron chi connectivity index (χ3n) is 2.39. The highest BCUT2D eigenvalue weighted by Gasteiger charge is 2.27. The summed E-state index contributed by atoms with van der Waals surface area (Å²) in [4.78, 5) is 21.7. The van der Waals surface area contributed by atoms with Crippen molar-refractivity contribution >= 4 is 5.78 Å². The summed E-state index contributed by atoms with van der Waals surface area (Å²) in [6.07, 6.45) is 4.91. The molecule has 1 aliphatic rings.